The van der Waals surface area contributed by atoms with E-state index in [9.17, 15) is 14.9 Å². The second-order valence-electron chi connectivity index (χ2n) is 5.32. The first-order valence-electron chi connectivity index (χ1n) is 7.74. The Morgan fingerprint density at radius 1 is 1.31 bits per heavy atom. The number of rotatable bonds is 6. The lowest BCUT2D eigenvalue weighted by molar-refractivity contribution is -0.384. The number of nitro groups is 1. The lowest BCUT2D eigenvalue weighted by Gasteiger charge is -2.08. The number of urea groups is 1. The SMILES string of the molecule is COc1ccc(NC(=O)NCCc2nnc3ccccn23)c([N+](=O)[O-])c1. The third kappa shape index (κ3) is 3.69. The maximum Gasteiger partial charge on any atom is 0.319 e. The molecule has 0 aliphatic rings. The van der Waals surface area contributed by atoms with E-state index < -0.39 is 11.0 Å². The Morgan fingerprint density at radius 2 is 2.15 bits per heavy atom. The van der Waals surface area contributed by atoms with Crippen molar-refractivity contribution in [1.82, 2.24) is 19.9 Å². The average molecular weight is 356 g/mol. The summed E-state index contributed by atoms with van der Waals surface area (Å²) >= 11 is 0. The normalized spacial score (nSPS) is 10.5. The molecule has 0 aliphatic heterocycles. The van der Waals surface area contributed by atoms with E-state index in [0.29, 0.717) is 24.5 Å². The first-order valence-corrected chi connectivity index (χ1v) is 7.74. The van der Waals surface area contributed by atoms with Gasteiger partial charge in [0.1, 0.15) is 17.3 Å². The molecule has 0 aliphatic carbocycles. The van der Waals surface area contributed by atoms with E-state index in [0.717, 1.165) is 5.65 Å². The van der Waals surface area contributed by atoms with E-state index in [4.69, 9.17) is 4.74 Å². The summed E-state index contributed by atoms with van der Waals surface area (Å²) in [6.45, 7) is 0.297. The van der Waals surface area contributed by atoms with Crippen LogP contribution in [-0.4, -0.2) is 39.2 Å². The molecule has 0 saturated heterocycles. The third-order valence-corrected chi connectivity index (χ3v) is 3.67. The van der Waals surface area contributed by atoms with Gasteiger partial charge in [-0.3, -0.25) is 14.5 Å². The Kier molecular flexibility index (Phi) is 4.92. The first-order chi connectivity index (χ1) is 12.6. The van der Waals surface area contributed by atoms with Crippen molar-refractivity contribution in [2.45, 2.75) is 6.42 Å². The smallest absolute Gasteiger partial charge is 0.319 e. The van der Waals surface area contributed by atoms with Crippen LogP contribution in [0.1, 0.15) is 5.82 Å². The number of benzene rings is 1. The second-order valence-corrected chi connectivity index (χ2v) is 5.32. The van der Waals surface area contributed by atoms with Gasteiger partial charge in [-0.2, -0.15) is 0 Å². The number of methoxy groups -OCH3 is 1. The first kappa shape index (κ1) is 17.1. The minimum absolute atomic E-state index is 0.0845. The number of aromatic nitrogens is 3. The number of nitro benzene ring substituents is 1. The summed E-state index contributed by atoms with van der Waals surface area (Å²) in [4.78, 5) is 22.6. The molecule has 0 unspecified atom stereocenters. The number of fused-ring (bicyclic) bond motifs is 1. The lowest BCUT2D eigenvalue weighted by Crippen LogP contribution is -2.31. The standard InChI is InChI=1S/C16H16N6O4/c1-26-11-5-6-12(13(10-11)22(24)25)18-16(23)17-8-7-15-20-19-14-4-2-3-9-21(14)15/h2-6,9-10H,7-8H2,1H3,(H2,17,18,23). The highest BCUT2D eigenvalue weighted by atomic mass is 16.6. The summed E-state index contributed by atoms with van der Waals surface area (Å²) in [5, 5.41) is 24.3. The minimum Gasteiger partial charge on any atom is -0.496 e. The van der Waals surface area contributed by atoms with E-state index in [2.05, 4.69) is 20.8 Å². The van der Waals surface area contributed by atoms with E-state index >= 15 is 0 Å². The van der Waals surface area contributed by atoms with Gasteiger partial charge in [-0.25, -0.2) is 4.79 Å². The number of carbonyl (C=O) groups is 1. The van der Waals surface area contributed by atoms with Crippen molar-refractivity contribution in [1.29, 1.82) is 0 Å². The molecule has 3 aromatic rings. The van der Waals surface area contributed by atoms with Gasteiger partial charge in [-0.1, -0.05) is 6.07 Å². The molecule has 0 atom stereocenters. The van der Waals surface area contributed by atoms with Crippen molar-refractivity contribution in [3.8, 4) is 5.75 Å². The van der Waals surface area contributed by atoms with Gasteiger partial charge in [-0.05, 0) is 24.3 Å². The fraction of sp³-hybridized carbons (Fsp3) is 0.188. The predicted molar refractivity (Wildman–Crippen MR) is 93.4 cm³/mol. The highest BCUT2D eigenvalue weighted by Gasteiger charge is 2.17. The zero-order valence-electron chi connectivity index (χ0n) is 13.9. The molecule has 0 saturated carbocycles. The minimum atomic E-state index is -0.583. The summed E-state index contributed by atoms with van der Waals surface area (Å²) < 4.78 is 6.79. The fourth-order valence-corrected chi connectivity index (χ4v) is 2.41. The number of amides is 2. The van der Waals surface area contributed by atoms with Crippen LogP contribution < -0.4 is 15.4 Å². The van der Waals surface area contributed by atoms with Crippen LogP contribution >= 0.6 is 0 Å². The molecule has 2 aromatic heterocycles. The fourth-order valence-electron chi connectivity index (χ4n) is 2.41. The Hall–Kier alpha value is -3.69. The van der Waals surface area contributed by atoms with Crippen molar-refractivity contribution < 1.29 is 14.5 Å². The molecule has 0 radical (unpaired) electrons. The Balaban J connectivity index is 1.60. The molecule has 10 nitrogen and oxygen atoms in total. The molecule has 26 heavy (non-hydrogen) atoms. The molecule has 10 heteroatoms. The molecular formula is C16H16N6O4. The van der Waals surface area contributed by atoms with Crippen LogP contribution in [0.3, 0.4) is 0 Å². The average Bonchev–Trinajstić information content (AvgIpc) is 3.05. The van der Waals surface area contributed by atoms with Crippen LogP contribution in [0.4, 0.5) is 16.2 Å². The molecule has 0 bridgehead atoms. The van der Waals surface area contributed by atoms with Crippen molar-refractivity contribution in [3.05, 3.63) is 58.5 Å². The molecule has 2 N–H and O–H groups in total. The molecule has 0 fully saturated rings. The van der Waals surface area contributed by atoms with Gasteiger partial charge in [0, 0.05) is 19.2 Å². The summed E-state index contributed by atoms with van der Waals surface area (Å²) in [6.07, 6.45) is 2.30. The van der Waals surface area contributed by atoms with Crippen molar-refractivity contribution in [2.24, 2.45) is 0 Å². The van der Waals surface area contributed by atoms with Crippen molar-refractivity contribution in [3.63, 3.8) is 0 Å². The van der Waals surface area contributed by atoms with Crippen LogP contribution in [0.2, 0.25) is 0 Å². The van der Waals surface area contributed by atoms with Crippen molar-refractivity contribution in [2.75, 3.05) is 19.0 Å². The number of hydrogen-bond donors (Lipinski definition) is 2. The lowest BCUT2D eigenvalue weighted by atomic mass is 10.2. The maximum absolute atomic E-state index is 12.0. The number of nitrogens with zero attached hydrogens (tertiary/aromatic N) is 4. The summed E-state index contributed by atoms with van der Waals surface area (Å²) in [7, 11) is 1.41. The van der Waals surface area contributed by atoms with Gasteiger partial charge in [-0.15, -0.1) is 10.2 Å². The molecule has 1 aromatic carbocycles. The van der Waals surface area contributed by atoms with Gasteiger partial charge in [0.2, 0.25) is 0 Å². The van der Waals surface area contributed by atoms with Gasteiger partial charge >= 0.3 is 6.03 Å². The van der Waals surface area contributed by atoms with E-state index in [1.807, 2.05) is 28.8 Å². The van der Waals surface area contributed by atoms with Crippen molar-refractivity contribution >= 4 is 23.1 Å². The van der Waals surface area contributed by atoms with E-state index in [1.165, 1.54) is 25.3 Å². The van der Waals surface area contributed by atoms with Gasteiger partial charge in [0.15, 0.2) is 5.65 Å². The van der Waals surface area contributed by atoms with Gasteiger partial charge in [0.25, 0.3) is 5.69 Å². The molecule has 134 valence electrons. The van der Waals surface area contributed by atoms with Crippen LogP contribution in [-0.2, 0) is 6.42 Å². The highest BCUT2D eigenvalue weighted by molar-refractivity contribution is 5.91. The Labute approximate surface area is 148 Å². The summed E-state index contributed by atoms with van der Waals surface area (Å²) in [6, 6.07) is 9.21. The quantitative estimate of drug-likeness (QED) is 0.514. The van der Waals surface area contributed by atoms with Crippen LogP contribution in [0, 0.1) is 10.1 Å². The Bertz CT molecular complexity index is 955. The topological polar surface area (TPSA) is 124 Å². The number of carbonyl (C=O) groups excluding carboxylic acids is 1. The molecular weight excluding hydrogens is 340 g/mol. The zero-order chi connectivity index (χ0) is 18.5. The number of nitrogens with one attached hydrogen (secondary N) is 2. The molecule has 2 heterocycles. The Morgan fingerprint density at radius 3 is 2.92 bits per heavy atom. The van der Waals surface area contributed by atoms with Gasteiger partial charge in [0.05, 0.1) is 18.1 Å². The molecule has 0 spiro atoms. The molecule has 2 amide bonds. The summed E-state index contributed by atoms with van der Waals surface area (Å²) in [5.41, 5.74) is 0.560. The van der Waals surface area contributed by atoms with Crippen LogP contribution in [0.5, 0.6) is 5.75 Å². The summed E-state index contributed by atoms with van der Waals surface area (Å²) in [5.74, 6) is 1.04. The van der Waals surface area contributed by atoms with Crippen LogP contribution in [0.15, 0.2) is 42.6 Å². The number of pyridine rings is 1. The monoisotopic (exact) mass is 356 g/mol. The van der Waals surface area contributed by atoms with E-state index in [1.54, 1.807) is 0 Å². The number of anilines is 1. The number of ether oxygens (including phenoxy) is 1. The highest BCUT2D eigenvalue weighted by Crippen LogP contribution is 2.28. The maximum atomic E-state index is 12.0. The third-order valence-electron chi connectivity index (χ3n) is 3.67. The predicted octanol–water partition coefficient (Wildman–Crippen LogP) is 2.01. The van der Waals surface area contributed by atoms with E-state index in [-0.39, 0.29) is 11.4 Å². The zero-order valence-corrected chi connectivity index (χ0v) is 13.9. The largest absolute Gasteiger partial charge is 0.496 e. The second kappa shape index (κ2) is 7.47. The van der Waals surface area contributed by atoms with Gasteiger partial charge < -0.3 is 15.4 Å². The van der Waals surface area contributed by atoms with Crippen LogP contribution in [0.25, 0.3) is 5.65 Å². The molecule has 3 rings (SSSR count). The number of hydrogen-bond acceptors (Lipinski definition) is 6.